The Hall–Kier alpha value is -2.70. The summed E-state index contributed by atoms with van der Waals surface area (Å²) < 4.78 is 0. The van der Waals surface area contributed by atoms with Crippen molar-refractivity contribution in [1.29, 1.82) is 0 Å². The Balaban J connectivity index is 2.57. The van der Waals surface area contributed by atoms with Gasteiger partial charge in [-0.05, 0) is 13.0 Å². The van der Waals surface area contributed by atoms with Gasteiger partial charge in [-0.3, -0.25) is 10.1 Å². The number of rotatable bonds is 6. The lowest BCUT2D eigenvalue weighted by Crippen LogP contribution is -2.07. The third-order valence-corrected chi connectivity index (χ3v) is 2.64. The number of nitro groups is 1. The number of anilines is 2. The molecule has 1 aromatic carbocycles. The normalized spacial score (nSPS) is 10.2. The highest BCUT2D eigenvalue weighted by Gasteiger charge is 2.12. The highest BCUT2D eigenvalue weighted by Crippen LogP contribution is 2.26. The fraction of sp³-hybridized carbons (Fsp3) is 0.231. The predicted molar refractivity (Wildman–Crippen MR) is 79.0 cm³/mol. The lowest BCUT2D eigenvalue weighted by molar-refractivity contribution is -0.384. The minimum atomic E-state index is -0.436. The molecule has 0 amide bonds. The molecule has 0 spiro atoms. The van der Waals surface area contributed by atoms with Crippen molar-refractivity contribution in [3.8, 4) is 0 Å². The molecule has 0 aliphatic carbocycles. The van der Waals surface area contributed by atoms with Crippen LogP contribution in [0.25, 0.3) is 10.9 Å². The molecular weight excluding hydrogens is 258 g/mol. The second-order valence-corrected chi connectivity index (χ2v) is 4.05. The highest BCUT2D eigenvalue weighted by atomic mass is 16.6. The summed E-state index contributed by atoms with van der Waals surface area (Å²) in [5.74, 6) is 1.04. The highest BCUT2D eigenvalue weighted by molar-refractivity contribution is 5.91. The summed E-state index contributed by atoms with van der Waals surface area (Å²) in [5, 5.41) is 17.6. The van der Waals surface area contributed by atoms with E-state index in [1.165, 1.54) is 12.1 Å². The molecule has 20 heavy (non-hydrogen) atoms. The summed E-state index contributed by atoms with van der Waals surface area (Å²) in [5.41, 5.74) is 0.659. The number of benzene rings is 1. The average molecular weight is 273 g/mol. The summed E-state index contributed by atoms with van der Waals surface area (Å²) >= 11 is 0. The van der Waals surface area contributed by atoms with E-state index >= 15 is 0 Å². The molecule has 0 aliphatic heterocycles. The lowest BCUT2D eigenvalue weighted by Gasteiger charge is -2.09. The van der Waals surface area contributed by atoms with Gasteiger partial charge in [0.25, 0.3) is 5.69 Å². The summed E-state index contributed by atoms with van der Waals surface area (Å²) in [7, 11) is 0. The van der Waals surface area contributed by atoms with Crippen LogP contribution in [0.1, 0.15) is 6.92 Å². The summed E-state index contributed by atoms with van der Waals surface area (Å²) in [6, 6.07) is 4.52. The summed E-state index contributed by atoms with van der Waals surface area (Å²) in [4.78, 5) is 19.1. The predicted octanol–water partition coefficient (Wildman–Crippen LogP) is 2.57. The van der Waals surface area contributed by atoms with Gasteiger partial charge in [0.15, 0.2) is 0 Å². The monoisotopic (exact) mass is 273 g/mol. The van der Waals surface area contributed by atoms with Gasteiger partial charge in [0.2, 0.25) is 5.95 Å². The third kappa shape index (κ3) is 2.82. The Labute approximate surface area is 115 Å². The molecule has 0 saturated heterocycles. The number of nitrogens with zero attached hydrogens (tertiary/aromatic N) is 3. The maximum absolute atomic E-state index is 10.9. The Kier molecular flexibility index (Phi) is 4.09. The first-order chi connectivity index (χ1) is 9.65. The molecule has 2 N–H and O–H groups in total. The summed E-state index contributed by atoms with van der Waals surface area (Å²) in [6.45, 7) is 6.78. The topological polar surface area (TPSA) is 93.0 Å². The van der Waals surface area contributed by atoms with Gasteiger partial charge < -0.3 is 10.6 Å². The zero-order valence-corrected chi connectivity index (χ0v) is 11.1. The maximum Gasteiger partial charge on any atom is 0.270 e. The van der Waals surface area contributed by atoms with E-state index in [9.17, 15) is 10.1 Å². The van der Waals surface area contributed by atoms with Gasteiger partial charge in [0.05, 0.1) is 10.4 Å². The van der Waals surface area contributed by atoms with Crippen LogP contribution in [-0.2, 0) is 0 Å². The first-order valence-corrected chi connectivity index (χ1v) is 6.20. The molecule has 7 heteroatoms. The Morgan fingerprint density at radius 3 is 2.85 bits per heavy atom. The van der Waals surface area contributed by atoms with Crippen LogP contribution in [0.4, 0.5) is 17.5 Å². The van der Waals surface area contributed by atoms with Gasteiger partial charge in [-0.2, -0.15) is 4.98 Å². The molecule has 0 fully saturated rings. The number of aromatic nitrogens is 2. The zero-order valence-electron chi connectivity index (χ0n) is 11.1. The van der Waals surface area contributed by atoms with Crippen LogP contribution in [0, 0.1) is 10.1 Å². The van der Waals surface area contributed by atoms with E-state index in [1.54, 1.807) is 12.1 Å². The van der Waals surface area contributed by atoms with Crippen LogP contribution in [0.5, 0.6) is 0 Å². The number of nitrogens with one attached hydrogen (secondary N) is 2. The second-order valence-electron chi connectivity index (χ2n) is 4.05. The standard InChI is InChI=1S/C13H15N5O2/c1-3-7-15-12-10-8-9(18(19)20)5-6-11(10)16-13(17-12)14-4-2/h3,5-6,8H,1,4,7H2,2H3,(H2,14,15,16,17). The Bertz CT molecular complexity index is 656. The van der Waals surface area contributed by atoms with Crippen molar-refractivity contribution in [1.82, 2.24) is 9.97 Å². The smallest absolute Gasteiger partial charge is 0.270 e. The molecule has 0 aliphatic rings. The molecule has 2 aromatic rings. The summed E-state index contributed by atoms with van der Waals surface area (Å²) in [6.07, 6.45) is 1.69. The minimum absolute atomic E-state index is 0.0129. The van der Waals surface area contributed by atoms with E-state index in [0.29, 0.717) is 35.8 Å². The lowest BCUT2D eigenvalue weighted by atomic mass is 10.2. The molecular formula is C13H15N5O2. The second kappa shape index (κ2) is 5.96. The molecule has 0 unspecified atom stereocenters. The first kappa shape index (κ1) is 13.7. The van der Waals surface area contributed by atoms with E-state index in [-0.39, 0.29) is 5.69 Å². The largest absolute Gasteiger partial charge is 0.366 e. The Morgan fingerprint density at radius 1 is 1.40 bits per heavy atom. The molecule has 7 nitrogen and oxygen atoms in total. The average Bonchev–Trinajstić information content (AvgIpc) is 2.44. The fourth-order valence-electron chi connectivity index (χ4n) is 1.77. The number of hydrogen-bond acceptors (Lipinski definition) is 6. The molecule has 104 valence electrons. The maximum atomic E-state index is 10.9. The van der Waals surface area contributed by atoms with E-state index in [1.807, 2.05) is 6.92 Å². The van der Waals surface area contributed by atoms with Crippen LogP contribution in [0.2, 0.25) is 0 Å². The van der Waals surface area contributed by atoms with Crippen LogP contribution in [0.3, 0.4) is 0 Å². The van der Waals surface area contributed by atoms with Gasteiger partial charge >= 0.3 is 0 Å². The van der Waals surface area contributed by atoms with Gasteiger partial charge in [0.1, 0.15) is 5.82 Å². The molecule has 0 bridgehead atoms. The van der Waals surface area contributed by atoms with Crippen molar-refractivity contribution in [2.45, 2.75) is 6.92 Å². The van der Waals surface area contributed by atoms with Crippen molar-refractivity contribution >= 4 is 28.4 Å². The number of hydrogen-bond donors (Lipinski definition) is 2. The van der Waals surface area contributed by atoms with Crippen LogP contribution < -0.4 is 10.6 Å². The third-order valence-electron chi connectivity index (χ3n) is 2.64. The fourth-order valence-corrected chi connectivity index (χ4v) is 1.77. The molecule has 0 atom stereocenters. The SMILES string of the molecule is C=CCNc1nc(NCC)nc2ccc([N+](=O)[O-])cc12. The van der Waals surface area contributed by atoms with Crippen molar-refractivity contribution < 1.29 is 4.92 Å². The van der Waals surface area contributed by atoms with Crippen molar-refractivity contribution in [3.05, 3.63) is 41.0 Å². The van der Waals surface area contributed by atoms with E-state index in [2.05, 4.69) is 27.2 Å². The van der Waals surface area contributed by atoms with Crippen molar-refractivity contribution in [3.63, 3.8) is 0 Å². The van der Waals surface area contributed by atoms with Gasteiger partial charge in [0, 0.05) is 30.6 Å². The van der Waals surface area contributed by atoms with Crippen LogP contribution >= 0.6 is 0 Å². The Morgan fingerprint density at radius 2 is 2.20 bits per heavy atom. The van der Waals surface area contributed by atoms with Gasteiger partial charge in [-0.15, -0.1) is 6.58 Å². The first-order valence-electron chi connectivity index (χ1n) is 6.20. The van der Waals surface area contributed by atoms with E-state index in [0.717, 1.165) is 0 Å². The number of non-ortho nitro benzene ring substituents is 1. The molecule has 0 radical (unpaired) electrons. The van der Waals surface area contributed by atoms with Crippen LogP contribution in [-0.4, -0.2) is 28.0 Å². The molecule has 1 heterocycles. The molecule has 1 aromatic heterocycles. The van der Waals surface area contributed by atoms with Gasteiger partial charge in [-0.1, -0.05) is 6.08 Å². The minimum Gasteiger partial charge on any atom is -0.366 e. The van der Waals surface area contributed by atoms with E-state index < -0.39 is 4.92 Å². The quantitative estimate of drug-likeness (QED) is 0.477. The van der Waals surface area contributed by atoms with Crippen molar-refractivity contribution in [2.75, 3.05) is 23.7 Å². The number of nitro benzene ring substituents is 1. The van der Waals surface area contributed by atoms with E-state index in [4.69, 9.17) is 0 Å². The van der Waals surface area contributed by atoms with Crippen LogP contribution in [0.15, 0.2) is 30.9 Å². The number of fused-ring (bicyclic) bond motifs is 1. The molecule has 0 saturated carbocycles. The van der Waals surface area contributed by atoms with Crippen molar-refractivity contribution in [2.24, 2.45) is 0 Å². The van der Waals surface area contributed by atoms with Gasteiger partial charge in [-0.25, -0.2) is 4.98 Å². The molecule has 2 rings (SSSR count). The zero-order chi connectivity index (χ0) is 14.5.